The fourth-order valence-electron chi connectivity index (χ4n) is 0.569. The van der Waals surface area contributed by atoms with Crippen LogP contribution >= 0.6 is 0 Å². The highest BCUT2D eigenvalue weighted by Crippen LogP contribution is 1.92. The average molecular weight is 112 g/mol. The van der Waals surface area contributed by atoms with Crippen molar-refractivity contribution in [1.82, 2.24) is 0 Å². The van der Waals surface area contributed by atoms with Gasteiger partial charge in [0, 0.05) is 0 Å². The fourth-order valence-corrected chi connectivity index (χ4v) is 0.569. The van der Waals surface area contributed by atoms with E-state index in [1.807, 2.05) is 0 Å². The molecule has 0 radical (unpaired) electrons. The third kappa shape index (κ3) is 5.74. The Kier molecular flexibility index (Phi) is 6.52. The molecule has 0 aliphatic rings. The maximum atomic E-state index is 2.27. The Labute approximate surface area is 52.6 Å². The van der Waals surface area contributed by atoms with Crippen LogP contribution in [0.25, 0.3) is 0 Å². The summed E-state index contributed by atoms with van der Waals surface area (Å²) in [5.74, 6) is 0. The molecule has 0 N–H and O–H groups in total. The summed E-state index contributed by atoms with van der Waals surface area (Å²) >= 11 is 0. The first kappa shape index (κ1) is 7.74. The van der Waals surface area contributed by atoms with Gasteiger partial charge in [0.25, 0.3) is 0 Å². The lowest BCUT2D eigenvalue weighted by Gasteiger charge is -1.83. The van der Waals surface area contributed by atoms with E-state index in [1.165, 1.54) is 25.7 Å². The third-order valence-corrected chi connectivity index (χ3v) is 1.08. The molecule has 0 aromatic carbocycles. The van der Waals surface area contributed by atoms with E-state index in [2.05, 4.69) is 26.0 Å². The zero-order chi connectivity index (χ0) is 6.24. The van der Waals surface area contributed by atoms with E-state index < -0.39 is 0 Å². The van der Waals surface area contributed by atoms with E-state index in [9.17, 15) is 0 Å². The molecule has 0 heteroatoms. The molecule has 0 atom stereocenters. The van der Waals surface area contributed by atoms with Crippen LogP contribution in [0.15, 0.2) is 12.2 Å². The highest BCUT2D eigenvalue weighted by molar-refractivity contribution is 4.79. The molecule has 0 aromatic rings. The van der Waals surface area contributed by atoms with Gasteiger partial charge in [0.05, 0.1) is 0 Å². The molecule has 0 aromatic heterocycles. The third-order valence-electron chi connectivity index (χ3n) is 1.08. The normalized spacial score (nSPS) is 10.8. The molecule has 8 heavy (non-hydrogen) atoms. The molecule has 0 aliphatic heterocycles. The summed E-state index contributed by atoms with van der Waals surface area (Å²) in [6, 6.07) is 0. The topological polar surface area (TPSA) is 0 Å². The Morgan fingerprint density at radius 2 is 1.25 bits per heavy atom. The minimum absolute atomic E-state index is 1.25. The number of hydrogen-bond acceptors (Lipinski definition) is 0. The van der Waals surface area contributed by atoms with Crippen molar-refractivity contribution in [1.29, 1.82) is 0 Å². The smallest absolute Gasteiger partial charge is 0.0353 e. The zero-order valence-electron chi connectivity index (χ0n) is 5.98. The first-order valence-electron chi connectivity index (χ1n) is 3.56. The lowest BCUT2D eigenvalue weighted by Crippen LogP contribution is -1.62. The van der Waals surface area contributed by atoms with E-state index in [0.717, 1.165) is 0 Å². The van der Waals surface area contributed by atoms with Crippen molar-refractivity contribution < 1.29 is 0 Å². The van der Waals surface area contributed by atoms with E-state index in [1.54, 1.807) is 0 Å². The van der Waals surface area contributed by atoms with Crippen molar-refractivity contribution in [2.75, 3.05) is 0 Å². The van der Waals surface area contributed by atoms with Gasteiger partial charge in [-0.05, 0) is 12.8 Å². The minimum Gasteiger partial charge on any atom is -0.0885 e. The van der Waals surface area contributed by atoms with Gasteiger partial charge >= 0.3 is 0 Å². The Morgan fingerprint density at radius 1 is 0.875 bits per heavy atom. The van der Waals surface area contributed by atoms with Gasteiger partial charge in [0.1, 0.15) is 0 Å². The van der Waals surface area contributed by atoms with Crippen LogP contribution < -0.4 is 0 Å². The van der Waals surface area contributed by atoms with E-state index in [4.69, 9.17) is 0 Å². The predicted molar refractivity (Wildman–Crippen MR) is 39.0 cm³/mol. The van der Waals surface area contributed by atoms with Crippen molar-refractivity contribution in [3.63, 3.8) is 0 Å². The lowest BCUT2D eigenvalue weighted by molar-refractivity contribution is 0.921. The molecule has 0 fully saturated rings. The molecular weight excluding hydrogens is 96.1 g/mol. The van der Waals surface area contributed by atoms with Gasteiger partial charge in [0.2, 0.25) is 0 Å². The quantitative estimate of drug-likeness (QED) is 0.490. The highest BCUT2D eigenvalue weighted by atomic mass is 13.8. The Morgan fingerprint density at radius 3 is 1.50 bits per heavy atom. The number of rotatable bonds is 4. The molecule has 0 nitrogen and oxygen atoms in total. The second kappa shape index (κ2) is 6.74. The number of unbranched alkanes of at least 4 members (excludes halogenated alkanes) is 2. The molecule has 0 rings (SSSR count). The van der Waals surface area contributed by atoms with Crippen LogP contribution in [0.5, 0.6) is 0 Å². The van der Waals surface area contributed by atoms with Crippen LogP contribution in [0.3, 0.4) is 0 Å². The monoisotopic (exact) mass is 112 g/mol. The average Bonchev–Trinajstić information content (AvgIpc) is 1.81. The van der Waals surface area contributed by atoms with Gasteiger partial charge in [-0.1, -0.05) is 38.8 Å². The molecule has 0 saturated carbocycles. The fraction of sp³-hybridized carbons (Fsp3) is 0.750. The van der Waals surface area contributed by atoms with Gasteiger partial charge < -0.3 is 0 Å². The summed E-state index contributed by atoms with van der Waals surface area (Å²) in [6.45, 7) is 4.41. The van der Waals surface area contributed by atoms with Crippen LogP contribution in [-0.2, 0) is 0 Å². The molecule has 0 bridgehead atoms. The van der Waals surface area contributed by atoms with Crippen molar-refractivity contribution in [3.8, 4) is 0 Å². The molecule has 0 saturated heterocycles. The van der Waals surface area contributed by atoms with Gasteiger partial charge in [0.15, 0.2) is 0 Å². The minimum atomic E-state index is 1.25. The second-order valence-corrected chi connectivity index (χ2v) is 2.05. The Balaban J connectivity index is 2.83. The lowest BCUT2D eigenvalue weighted by atomic mass is 10.2. The molecule has 48 valence electrons. The maximum absolute atomic E-state index is 2.27. The van der Waals surface area contributed by atoms with Gasteiger partial charge in [-0.25, -0.2) is 0 Å². The second-order valence-electron chi connectivity index (χ2n) is 2.05. The van der Waals surface area contributed by atoms with Gasteiger partial charge in [-0.2, -0.15) is 0 Å². The van der Waals surface area contributed by atoms with E-state index in [-0.39, 0.29) is 0 Å². The molecule has 0 unspecified atom stereocenters. The van der Waals surface area contributed by atoms with Crippen molar-refractivity contribution in [2.24, 2.45) is 0 Å². The summed E-state index contributed by atoms with van der Waals surface area (Å²) in [4.78, 5) is 0. The number of hydrogen-bond donors (Lipinski definition) is 0. The predicted octanol–water partition coefficient (Wildman–Crippen LogP) is 3.14. The SMILES string of the molecule is CCC/C=C/CCC. The Bertz CT molecular complexity index is 45.1. The van der Waals surface area contributed by atoms with Crippen LogP contribution in [0.4, 0.5) is 0 Å². The van der Waals surface area contributed by atoms with Crippen molar-refractivity contribution >= 4 is 0 Å². The summed E-state index contributed by atoms with van der Waals surface area (Å²) in [6.07, 6.45) is 9.59. The first-order chi connectivity index (χ1) is 3.91. The first-order valence-corrected chi connectivity index (χ1v) is 3.56. The van der Waals surface area contributed by atoms with Crippen LogP contribution in [0, 0.1) is 0 Å². The van der Waals surface area contributed by atoms with Crippen molar-refractivity contribution in [3.05, 3.63) is 12.2 Å². The largest absolute Gasteiger partial charge is 0.0885 e. The number of allylic oxidation sites excluding steroid dienone is 2. The molecular formula is C8H16. The van der Waals surface area contributed by atoms with Crippen LogP contribution in [0.2, 0.25) is 0 Å². The summed E-state index contributed by atoms with van der Waals surface area (Å²) < 4.78 is 0. The van der Waals surface area contributed by atoms with Crippen LogP contribution in [-0.4, -0.2) is 0 Å². The van der Waals surface area contributed by atoms with Crippen LogP contribution in [0.1, 0.15) is 39.5 Å². The summed E-state index contributed by atoms with van der Waals surface area (Å²) in [5, 5.41) is 0. The molecule has 0 heterocycles. The van der Waals surface area contributed by atoms with E-state index >= 15 is 0 Å². The molecule has 0 spiro atoms. The Hall–Kier alpha value is -0.260. The van der Waals surface area contributed by atoms with E-state index in [0.29, 0.717) is 0 Å². The maximum Gasteiger partial charge on any atom is -0.0353 e. The molecule has 0 amide bonds. The van der Waals surface area contributed by atoms with Crippen molar-refractivity contribution in [2.45, 2.75) is 39.5 Å². The van der Waals surface area contributed by atoms with Gasteiger partial charge in [-0.3, -0.25) is 0 Å². The standard InChI is InChI=1S/C8H16/c1-3-5-7-8-6-4-2/h7-8H,3-6H2,1-2H3/b8-7+. The molecule has 0 aliphatic carbocycles. The zero-order valence-corrected chi connectivity index (χ0v) is 5.98. The highest BCUT2D eigenvalue weighted by Gasteiger charge is 1.72. The summed E-state index contributed by atoms with van der Waals surface area (Å²) in [5.41, 5.74) is 0. The summed E-state index contributed by atoms with van der Waals surface area (Å²) in [7, 11) is 0. The van der Waals surface area contributed by atoms with Gasteiger partial charge in [-0.15, -0.1) is 0 Å².